The fourth-order valence-corrected chi connectivity index (χ4v) is 2.08. The number of nitrogens with one attached hydrogen (secondary N) is 3. The topological polar surface area (TPSA) is 231 Å². The molecule has 4 unspecified atom stereocenters. The van der Waals surface area contributed by atoms with Crippen LogP contribution in [0.2, 0.25) is 0 Å². The van der Waals surface area contributed by atoms with Crippen LogP contribution in [0.15, 0.2) is 0 Å². The van der Waals surface area contributed by atoms with Gasteiger partial charge in [-0.05, 0) is 6.92 Å². The van der Waals surface area contributed by atoms with Crippen LogP contribution in [0.5, 0.6) is 0 Å². The van der Waals surface area contributed by atoms with E-state index < -0.39 is 72.6 Å². The Kier molecular flexibility index (Phi) is 10.6. The number of aliphatic carboxylic acids is 2. The molecule has 14 heteroatoms. The average Bonchev–Trinajstić information content (AvgIpc) is 2.57. The van der Waals surface area contributed by atoms with Gasteiger partial charge in [-0.25, -0.2) is 4.79 Å². The third-order valence-electron chi connectivity index (χ3n) is 3.32. The van der Waals surface area contributed by atoms with Crippen LogP contribution >= 0.6 is 12.6 Å². The van der Waals surface area contributed by atoms with Crippen LogP contribution in [0, 0.1) is 0 Å². The van der Waals surface area contributed by atoms with Gasteiger partial charge in [0.25, 0.3) is 0 Å². The molecule has 0 heterocycles. The number of thiol groups is 1. The van der Waals surface area contributed by atoms with Crippen LogP contribution < -0.4 is 27.4 Å². The molecular formula is C14H23N5O8S. The van der Waals surface area contributed by atoms with Gasteiger partial charge in [0.05, 0.1) is 18.9 Å². The van der Waals surface area contributed by atoms with Crippen molar-refractivity contribution < 1.29 is 39.0 Å². The molecular weight excluding hydrogens is 398 g/mol. The Labute approximate surface area is 165 Å². The summed E-state index contributed by atoms with van der Waals surface area (Å²) in [6.07, 6.45) is -1.29. The van der Waals surface area contributed by atoms with Crippen molar-refractivity contribution in [3.8, 4) is 0 Å². The van der Waals surface area contributed by atoms with Crippen molar-refractivity contribution in [2.75, 3.05) is 5.75 Å². The number of carboxylic acids is 2. The lowest BCUT2D eigenvalue weighted by Gasteiger charge is -2.22. The largest absolute Gasteiger partial charge is 0.481 e. The van der Waals surface area contributed by atoms with E-state index in [9.17, 15) is 28.8 Å². The molecule has 0 saturated carbocycles. The molecule has 0 aliphatic carbocycles. The van der Waals surface area contributed by atoms with E-state index in [4.69, 9.17) is 21.7 Å². The maximum atomic E-state index is 12.2. The van der Waals surface area contributed by atoms with E-state index in [-0.39, 0.29) is 5.75 Å². The van der Waals surface area contributed by atoms with E-state index in [1.165, 1.54) is 6.92 Å². The van der Waals surface area contributed by atoms with Crippen molar-refractivity contribution in [1.29, 1.82) is 0 Å². The van der Waals surface area contributed by atoms with Crippen molar-refractivity contribution in [1.82, 2.24) is 16.0 Å². The highest BCUT2D eigenvalue weighted by molar-refractivity contribution is 7.80. The zero-order valence-corrected chi connectivity index (χ0v) is 15.8. The highest BCUT2D eigenvalue weighted by Crippen LogP contribution is 1.98. The molecule has 4 amide bonds. The van der Waals surface area contributed by atoms with Gasteiger partial charge in [0.15, 0.2) is 0 Å². The molecule has 0 spiro atoms. The molecule has 0 radical (unpaired) electrons. The summed E-state index contributed by atoms with van der Waals surface area (Å²) in [6.45, 7) is 1.23. The lowest BCUT2D eigenvalue weighted by molar-refractivity contribution is -0.141. The first-order valence-corrected chi connectivity index (χ1v) is 8.52. The number of carbonyl (C=O) groups excluding carboxylic acids is 4. The summed E-state index contributed by atoms with van der Waals surface area (Å²) >= 11 is 3.78. The van der Waals surface area contributed by atoms with E-state index in [2.05, 4.69) is 28.6 Å². The summed E-state index contributed by atoms with van der Waals surface area (Å²) in [5.41, 5.74) is 10.4. The summed E-state index contributed by atoms with van der Waals surface area (Å²) in [5, 5.41) is 23.9. The van der Waals surface area contributed by atoms with E-state index in [0.717, 1.165) is 0 Å². The minimum atomic E-state index is -1.50. The van der Waals surface area contributed by atoms with Crippen LogP contribution in [0.4, 0.5) is 0 Å². The quantitative estimate of drug-likeness (QED) is 0.144. The summed E-state index contributed by atoms with van der Waals surface area (Å²) in [6, 6.07) is -5.51. The van der Waals surface area contributed by atoms with Crippen molar-refractivity contribution in [3.63, 3.8) is 0 Å². The van der Waals surface area contributed by atoms with E-state index in [1.54, 1.807) is 0 Å². The molecule has 4 atom stereocenters. The molecule has 9 N–H and O–H groups in total. The number of carboxylic acid groups (broad SMARTS) is 2. The molecule has 0 aromatic carbocycles. The number of hydrogen-bond donors (Lipinski definition) is 8. The molecule has 158 valence electrons. The normalized spacial score (nSPS) is 14.7. The second-order valence-electron chi connectivity index (χ2n) is 5.75. The molecule has 0 aromatic rings. The van der Waals surface area contributed by atoms with E-state index in [1.807, 2.05) is 0 Å². The van der Waals surface area contributed by atoms with Gasteiger partial charge in [-0.1, -0.05) is 0 Å². The van der Waals surface area contributed by atoms with Crippen LogP contribution in [-0.2, 0) is 28.8 Å². The van der Waals surface area contributed by atoms with Crippen molar-refractivity contribution >= 4 is 48.2 Å². The predicted octanol–water partition coefficient (Wildman–Crippen LogP) is -3.85. The summed E-state index contributed by atoms with van der Waals surface area (Å²) in [5.74, 6) is -6.69. The Morgan fingerprint density at radius 1 is 0.893 bits per heavy atom. The highest BCUT2D eigenvalue weighted by Gasteiger charge is 2.29. The minimum absolute atomic E-state index is 0.244. The lowest BCUT2D eigenvalue weighted by atomic mass is 10.1. The molecule has 13 nitrogen and oxygen atoms in total. The Morgan fingerprint density at radius 3 is 1.86 bits per heavy atom. The van der Waals surface area contributed by atoms with Crippen LogP contribution in [0.25, 0.3) is 0 Å². The molecule has 0 fully saturated rings. The Hall–Kier alpha value is -2.87. The minimum Gasteiger partial charge on any atom is -0.481 e. The highest BCUT2D eigenvalue weighted by atomic mass is 32.1. The second-order valence-corrected chi connectivity index (χ2v) is 6.11. The van der Waals surface area contributed by atoms with Crippen molar-refractivity contribution in [2.45, 2.75) is 43.9 Å². The van der Waals surface area contributed by atoms with Gasteiger partial charge < -0.3 is 37.6 Å². The van der Waals surface area contributed by atoms with Crippen molar-refractivity contribution in [2.24, 2.45) is 11.5 Å². The third kappa shape index (κ3) is 9.18. The van der Waals surface area contributed by atoms with Gasteiger partial charge in [0.1, 0.15) is 18.1 Å². The molecule has 0 rings (SSSR count). The van der Waals surface area contributed by atoms with E-state index in [0.29, 0.717) is 0 Å². The molecule has 0 saturated heterocycles. The summed E-state index contributed by atoms with van der Waals surface area (Å²) < 4.78 is 0. The zero-order valence-electron chi connectivity index (χ0n) is 14.9. The maximum absolute atomic E-state index is 12.2. The Balaban J connectivity index is 5.02. The van der Waals surface area contributed by atoms with Gasteiger partial charge in [-0.3, -0.25) is 24.0 Å². The third-order valence-corrected chi connectivity index (χ3v) is 3.68. The first kappa shape index (κ1) is 25.1. The molecule has 0 aliphatic heterocycles. The van der Waals surface area contributed by atoms with Gasteiger partial charge in [0.2, 0.25) is 23.6 Å². The van der Waals surface area contributed by atoms with Gasteiger partial charge in [0, 0.05) is 5.75 Å². The first-order valence-electron chi connectivity index (χ1n) is 7.89. The van der Waals surface area contributed by atoms with Crippen LogP contribution in [0.3, 0.4) is 0 Å². The molecule has 28 heavy (non-hydrogen) atoms. The molecule has 0 aliphatic rings. The predicted molar refractivity (Wildman–Crippen MR) is 97.0 cm³/mol. The Morgan fingerprint density at radius 2 is 1.43 bits per heavy atom. The van der Waals surface area contributed by atoms with E-state index >= 15 is 0 Å². The average molecular weight is 421 g/mol. The second kappa shape index (κ2) is 11.8. The fourth-order valence-electron chi connectivity index (χ4n) is 1.83. The van der Waals surface area contributed by atoms with Gasteiger partial charge >= 0.3 is 11.9 Å². The smallest absolute Gasteiger partial charge is 0.327 e. The first-order chi connectivity index (χ1) is 12.9. The summed E-state index contributed by atoms with van der Waals surface area (Å²) in [7, 11) is 0. The number of rotatable bonds is 12. The Bertz CT molecular complexity index is 643. The van der Waals surface area contributed by atoms with Crippen LogP contribution in [0.1, 0.15) is 19.8 Å². The maximum Gasteiger partial charge on any atom is 0.327 e. The monoisotopic (exact) mass is 421 g/mol. The molecule has 0 aromatic heterocycles. The molecule has 0 bridgehead atoms. The summed E-state index contributed by atoms with van der Waals surface area (Å²) in [4.78, 5) is 68.7. The SMILES string of the molecule is CC(NC(=O)C(N)CC(=O)O)C(=O)NC(CC(N)=O)C(=O)NC(CS)C(=O)O. The standard InChI is InChI=1S/C14H23N5O8S/c1-5(17-12(24)6(15)2-10(21)22)11(23)18-7(3-9(16)20)13(25)19-8(4-28)14(26)27/h5-8,28H,2-4,15H2,1H3,(H2,16,20)(H,17,24)(H,18,23)(H,19,25)(H,21,22)(H,26,27). The van der Waals surface area contributed by atoms with Crippen LogP contribution in [-0.4, -0.2) is 75.7 Å². The van der Waals surface area contributed by atoms with Gasteiger partial charge in [-0.15, -0.1) is 0 Å². The number of primary amides is 1. The number of hydrogen-bond acceptors (Lipinski definition) is 8. The number of carbonyl (C=O) groups is 6. The fraction of sp³-hybridized carbons (Fsp3) is 0.571. The number of amides is 4. The van der Waals surface area contributed by atoms with Gasteiger partial charge in [-0.2, -0.15) is 12.6 Å². The zero-order chi connectivity index (χ0) is 22.0. The lowest BCUT2D eigenvalue weighted by Crippen LogP contribution is -2.57. The number of nitrogens with two attached hydrogens (primary N) is 2. The van der Waals surface area contributed by atoms with Crippen molar-refractivity contribution in [3.05, 3.63) is 0 Å².